The molecule has 94 valence electrons. The van der Waals surface area contributed by atoms with Crippen LogP contribution in [0.1, 0.15) is 5.69 Å². The fourth-order valence-corrected chi connectivity index (χ4v) is 2.21. The second-order valence-corrected chi connectivity index (χ2v) is 4.92. The molecule has 0 aromatic carbocycles. The lowest BCUT2D eigenvalue weighted by Crippen LogP contribution is -2.40. The highest BCUT2D eigenvalue weighted by Crippen LogP contribution is 2.12. The van der Waals surface area contributed by atoms with Crippen LogP contribution in [0.3, 0.4) is 0 Å². The molecule has 1 aliphatic rings. The van der Waals surface area contributed by atoms with Gasteiger partial charge in [-0.25, -0.2) is 0 Å². The summed E-state index contributed by atoms with van der Waals surface area (Å²) >= 11 is 3.50. The SMILES string of the molecule is Brc1cccnc1CNCCN1CCOCC1. The normalized spacial score (nSPS) is 17.2. The van der Waals surface area contributed by atoms with Crippen LogP contribution in [-0.2, 0) is 11.3 Å². The maximum atomic E-state index is 5.31. The summed E-state index contributed by atoms with van der Waals surface area (Å²) in [5.41, 5.74) is 1.06. The van der Waals surface area contributed by atoms with E-state index in [0.717, 1.165) is 56.1 Å². The number of nitrogens with zero attached hydrogens (tertiary/aromatic N) is 2. The molecule has 2 heterocycles. The van der Waals surface area contributed by atoms with Crippen LogP contribution in [0.25, 0.3) is 0 Å². The number of rotatable bonds is 5. The van der Waals surface area contributed by atoms with Crippen molar-refractivity contribution in [3.8, 4) is 0 Å². The van der Waals surface area contributed by atoms with Gasteiger partial charge in [0.05, 0.1) is 18.9 Å². The van der Waals surface area contributed by atoms with Gasteiger partial charge in [0.2, 0.25) is 0 Å². The van der Waals surface area contributed by atoms with Crippen molar-refractivity contribution in [3.05, 3.63) is 28.5 Å². The fraction of sp³-hybridized carbons (Fsp3) is 0.583. The van der Waals surface area contributed by atoms with Crippen LogP contribution in [0.4, 0.5) is 0 Å². The predicted octanol–water partition coefficient (Wildman–Crippen LogP) is 1.27. The molecule has 0 radical (unpaired) electrons. The molecule has 2 rings (SSSR count). The van der Waals surface area contributed by atoms with Crippen molar-refractivity contribution in [2.45, 2.75) is 6.54 Å². The molecule has 1 fully saturated rings. The van der Waals surface area contributed by atoms with E-state index in [9.17, 15) is 0 Å². The van der Waals surface area contributed by atoms with Crippen LogP contribution in [0.2, 0.25) is 0 Å². The maximum absolute atomic E-state index is 5.31. The number of nitrogens with one attached hydrogen (secondary N) is 1. The second kappa shape index (κ2) is 7.06. The van der Waals surface area contributed by atoms with Gasteiger partial charge in [-0.15, -0.1) is 0 Å². The summed E-state index contributed by atoms with van der Waals surface area (Å²) in [6.07, 6.45) is 1.82. The van der Waals surface area contributed by atoms with Gasteiger partial charge in [0.1, 0.15) is 0 Å². The molecule has 1 N–H and O–H groups in total. The first-order valence-electron chi connectivity index (χ1n) is 5.96. The van der Waals surface area contributed by atoms with Crippen molar-refractivity contribution in [2.24, 2.45) is 0 Å². The summed E-state index contributed by atoms with van der Waals surface area (Å²) < 4.78 is 6.38. The fourth-order valence-electron chi connectivity index (χ4n) is 1.82. The zero-order chi connectivity index (χ0) is 11.9. The molecule has 1 saturated heterocycles. The molecular weight excluding hydrogens is 282 g/mol. The average molecular weight is 300 g/mol. The van der Waals surface area contributed by atoms with E-state index >= 15 is 0 Å². The van der Waals surface area contributed by atoms with Gasteiger partial charge in [-0.1, -0.05) is 0 Å². The van der Waals surface area contributed by atoms with E-state index < -0.39 is 0 Å². The van der Waals surface area contributed by atoms with Crippen LogP contribution in [0.5, 0.6) is 0 Å². The molecule has 1 aromatic heterocycles. The highest BCUT2D eigenvalue weighted by Gasteiger charge is 2.09. The summed E-state index contributed by atoms with van der Waals surface area (Å²) in [6.45, 7) is 6.71. The maximum Gasteiger partial charge on any atom is 0.0683 e. The highest BCUT2D eigenvalue weighted by molar-refractivity contribution is 9.10. The summed E-state index contributed by atoms with van der Waals surface area (Å²) in [6, 6.07) is 3.95. The van der Waals surface area contributed by atoms with E-state index in [0.29, 0.717) is 0 Å². The number of ether oxygens (including phenoxy) is 1. The van der Waals surface area contributed by atoms with Gasteiger partial charge in [0.25, 0.3) is 0 Å². The van der Waals surface area contributed by atoms with Gasteiger partial charge in [0, 0.05) is 43.4 Å². The van der Waals surface area contributed by atoms with Crippen LogP contribution < -0.4 is 5.32 Å². The largest absolute Gasteiger partial charge is 0.379 e. The Morgan fingerprint density at radius 3 is 3.00 bits per heavy atom. The average Bonchev–Trinajstić information content (AvgIpc) is 2.38. The van der Waals surface area contributed by atoms with E-state index in [1.165, 1.54) is 0 Å². The third-order valence-corrected chi connectivity index (χ3v) is 3.56. The predicted molar refractivity (Wildman–Crippen MR) is 70.9 cm³/mol. The Labute approximate surface area is 110 Å². The van der Waals surface area contributed by atoms with Crippen molar-refractivity contribution < 1.29 is 4.74 Å². The lowest BCUT2D eigenvalue weighted by Gasteiger charge is -2.26. The van der Waals surface area contributed by atoms with Crippen molar-refractivity contribution in [1.82, 2.24) is 15.2 Å². The smallest absolute Gasteiger partial charge is 0.0683 e. The minimum atomic E-state index is 0.811. The number of aromatic nitrogens is 1. The molecule has 0 spiro atoms. The third kappa shape index (κ3) is 4.35. The summed E-state index contributed by atoms with van der Waals surface area (Å²) in [5.74, 6) is 0. The van der Waals surface area contributed by atoms with E-state index in [-0.39, 0.29) is 0 Å². The van der Waals surface area contributed by atoms with Crippen molar-refractivity contribution >= 4 is 15.9 Å². The standard InChI is InChI=1S/C12H18BrN3O/c13-11-2-1-3-15-12(11)10-14-4-5-16-6-8-17-9-7-16/h1-3,14H,4-10H2. The Morgan fingerprint density at radius 2 is 2.24 bits per heavy atom. The Bertz CT molecular complexity index is 342. The molecular formula is C12H18BrN3O. The molecule has 1 aromatic rings. The van der Waals surface area contributed by atoms with Crippen LogP contribution >= 0.6 is 15.9 Å². The minimum absolute atomic E-state index is 0.811. The minimum Gasteiger partial charge on any atom is -0.379 e. The van der Waals surface area contributed by atoms with E-state index in [1.54, 1.807) is 0 Å². The van der Waals surface area contributed by atoms with E-state index in [4.69, 9.17) is 4.74 Å². The summed E-state index contributed by atoms with van der Waals surface area (Å²) in [4.78, 5) is 6.74. The molecule has 0 unspecified atom stereocenters. The van der Waals surface area contributed by atoms with E-state index in [1.807, 2.05) is 18.3 Å². The number of morpholine rings is 1. The van der Waals surface area contributed by atoms with Gasteiger partial charge in [-0.2, -0.15) is 0 Å². The number of hydrogen-bond acceptors (Lipinski definition) is 4. The number of pyridine rings is 1. The lowest BCUT2D eigenvalue weighted by atomic mass is 10.3. The van der Waals surface area contributed by atoms with Crippen LogP contribution in [0, 0.1) is 0 Å². The molecule has 0 amide bonds. The molecule has 0 bridgehead atoms. The first kappa shape index (κ1) is 13.0. The summed E-state index contributed by atoms with van der Waals surface area (Å²) in [5, 5.41) is 3.41. The monoisotopic (exact) mass is 299 g/mol. The number of halogens is 1. The third-order valence-electron chi connectivity index (χ3n) is 2.84. The van der Waals surface area contributed by atoms with Crippen molar-refractivity contribution in [2.75, 3.05) is 39.4 Å². The first-order valence-corrected chi connectivity index (χ1v) is 6.76. The lowest BCUT2D eigenvalue weighted by molar-refractivity contribution is 0.0384. The van der Waals surface area contributed by atoms with Gasteiger partial charge >= 0.3 is 0 Å². The quantitative estimate of drug-likeness (QED) is 0.831. The van der Waals surface area contributed by atoms with Crippen molar-refractivity contribution in [3.63, 3.8) is 0 Å². The van der Waals surface area contributed by atoms with Gasteiger partial charge in [0.15, 0.2) is 0 Å². The molecule has 0 atom stereocenters. The first-order chi connectivity index (χ1) is 8.36. The molecule has 5 heteroatoms. The van der Waals surface area contributed by atoms with Gasteiger partial charge in [-0.3, -0.25) is 9.88 Å². The highest BCUT2D eigenvalue weighted by atomic mass is 79.9. The Hall–Kier alpha value is -0.490. The zero-order valence-electron chi connectivity index (χ0n) is 9.86. The van der Waals surface area contributed by atoms with Gasteiger partial charge < -0.3 is 10.1 Å². The second-order valence-electron chi connectivity index (χ2n) is 4.06. The molecule has 0 aliphatic carbocycles. The molecule has 1 aliphatic heterocycles. The molecule has 0 saturated carbocycles. The Balaban J connectivity index is 1.64. The summed E-state index contributed by atoms with van der Waals surface area (Å²) in [7, 11) is 0. The Kier molecular flexibility index (Phi) is 5.38. The Morgan fingerprint density at radius 1 is 1.41 bits per heavy atom. The van der Waals surface area contributed by atoms with Crippen LogP contribution in [0.15, 0.2) is 22.8 Å². The van der Waals surface area contributed by atoms with Gasteiger partial charge in [-0.05, 0) is 28.1 Å². The zero-order valence-corrected chi connectivity index (χ0v) is 11.4. The molecule has 4 nitrogen and oxygen atoms in total. The van der Waals surface area contributed by atoms with E-state index in [2.05, 4.69) is 31.1 Å². The van der Waals surface area contributed by atoms with Crippen LogP contribution in [-0.4, -0.2) is 49.3 Å². The topological polar surface area (TPSA) is 37.4 Å². The molecule has 17 heavy (non-hydrogen) atoms. The van der Waals surface area contributed by atoms with Crippen molar-refractivity contribution in [1.29, 1.82) is 0 Å². The number of hydrogen-bond donors (Lipinski definition) is 1.